The molecule has 0 bridgehead atoms. The second-order valence-electron chi connectivity index (χ2n) is 9.31. The number of aliphatic hydroxyl groups excluding tert-OH is 3. The first-order valence-corrected chi connectivity index (χ1v) is 9.76. The minimum Gasteiger partial charge on any atom is -0.393 e. The van der Waals surface area contributed by atoms with E-state index in [4.69, 9.17) is 0 Å². The zero-order chi connectivity index (χ0) is 19.8. The molecule has 3 fully saturated rings. The van der Waals surface area contributed by atoms with Gasteiger partial charge in [-0.3, -0.25) is 9.59 Å². The number of ketones is 2. The molecule has 4 rings (SSSR count). The van der Waals surface area contributed by atoms with Gasteiger partial charge in [-0.1, -0.05) is 25.5 Å². The third-order valence-electron chi connectivity index (χ3n) is 8.28. The lowest BCUT2D eigenvalue weighted by Crippen LogP contribution is -2.63. The van der Waals surface area contributed by atoms with Gasteiger partial charge in [-0.15, -0.1) is 0 Å². The van der Waals surface area contributed by atoms with E-state index < -0.39 is 41.0 Å². The maximum absolute atomic E-state index is 12.4. The molecule has 0 radical (unpaired) electrons. The van der Waals surface area contributed by atoms with E-state index in [-0.39, 0.29) is 36.4 Å². The Kier molecular flexibility index (Phi) is 4.10. The van der Waals surface area contributed by atoms with Gasteiger partial charge in [0, 0.05) is 16.7 Å². The second kappa shape index (κ2) is 5.83. The van der Waals surface area contributed by atoms with Crippen LogP contribution in [0.25, 0.3) is 0 Å². The lowest BCUT2D eigenvalue weighted by molar-refractivity contribution is -0.190. The van der Waals surface area contributed by atoms with Crippen molar-refractivity contribution in [3.05, 3.63) is 23.8 Å². The first-order chi connectivity index (χ1) is 12.6. The Morgan fingerprint density at radius 3 is 2.67 bits per heavy atom. The summed E-state index contributed by atoms with van der Waals surface area (Å²) in [5.74, 6) is -1.09. The molecule has 4 aliphatic rings. The van der Waals surface area contributed by atoms with Crippen LogP contribution in [-0.2, 0) is 9.59 Å². The average Bonchev–Trinajstić information content (AvgIpc) is 2.82. The molecule has 0 aromatic rings. The lowest BCUT2D eigenvalue weighted by Gasteiger charge is -2.59. The fraction of sp³-hybridized carbons (Fsp3) is 0.714. The minimum atomic E-state index is -2.05. The Hall–Kier alpha value is -1.34. The minimum absolute atomic E-state index is 0.00826. The molecule has 6 nitrogen and oxygen atoms in total. The number of Topliss-reactive ketones (excluding diaryl/α,β-unsaturated/α-hetero) is 1. The fourth-order valence-electron chi connectivity index (χ4n) is 6.96. The van der Waals surface area contributed by atoms with E-state index in [1.807, 2.05) is 13.0 Å². The van der Waals surface area contributed by atoms with Crippen molar-refractivity contribution in [2.24, 2.45) is 28.6 Å². The van der Waals surface area contributed by atoms with Crippen molar-refractivity contribution in [3.8, 4) is 0 Å². The highest BCUT2D eigenvalue weighted by atomic mass is 16.4. The molecule has 0 aliphatic heterocycles. The highest BCUT2D eigenvalue weighted by Crippen LogP contribution is 2.67. The normalized spacial score (nSPS) is 51.3. The Morgan fingerprint density at radius 1 is 1.30 bits per heavy atom. The first kappa shape index (κ1) is 19.0. The molecule has 4 aliphatic carbocycles. The van der Waals surface area contributed by atoms with Crippen LogP contribution in [0.2, 0.25) is 0 Å². The Morgan fingerprint density at radius 2 is 2.00 bits per heavy atom. The summed E-state index contributed by atoms with van der Waals surface area (Å²) in [7, 11) is 0. The van der Waals surface area contributed by atoms with Crippen LogP contribution in [0.1, 0.15) is 39.5 Å². The predicted octanol–water partition coefficient (Wildman–Crippen LogP) is 0.528. The summed E-state index contributed by atoms with van der Waals surface area (Å²) in [5.41, 5.74) is -2.46. The van der Waals surface area contributed by atoms with Gasteiger partial charge in [-0.2, -0.15) is 0 Å². The third kappa shape index (κ3) is 2.21. The van der Waals surface area contributed by atoms with Gasteiger partial charge < -0.3 is 20.4 Å². The highest BCUT2D eigenvalue weighted by molar-refractivity contribution is 6.01. The Bertz CT molecular complexity index is 756. The zero-order valence-electron chi connectivity index (χ0n) is 15.8. The van der Waals surface area contributed by atoms with Crippen LogP contribution < -0.4 is 0 Å². The summed E-state index contributed by atoms with van der Waals surface area (Å²) in [6, 6.07) is 0. The number of hydrogen-bond acceptors (Lipinski definition) is 6. The number of rotatable bonds is 2. The molecule has 0 heterocycles. The molecule has 27 heavy (non-hydrogen) atoms. The van der Waals surface area contributed by atoms with E-state index in [0.29, 0.717) is 0 Å². The van der Waals surface area contributed by atoms with Gasteiger partial charge in [0.15, 0.2) is 17.2 Å². The van der Waals surface area contributed by atoms with Crippen molar-refractivity contribution in [2.75, 3.05) is 6.61 Å². The summed E-state index contributed by atoms with van der Waals surface area (Å²) >= 11 is 0. The molecule has 0 saturated heterocycles. The SMILES string of the molecule is C[C@]12C=CC(=O)C=C1CC[C@@H]1[C@H]3C[C@@H](O)[C@](O)(C(=O)CO)[C@@]3(C)CC(O)[C@@H]12. The summed E-state index contributed by atoms with van der Waals surface area (Å²) in [4.78, 5) is 24.2. The number of aliphatic hydroxyl groups is 4. The van der Waals surface area contributed by atoms with E-state index >= 15 is 0 Å². The molecule has 0 aromatic carbocycles. The van der Waals surface area contributed by atoms with Crippen molar-refractivity contribution in [1.29, 1.82) is 0 Å². The van der Waals surface area contributed by atoms with Gasteiger partial charge in [-0.25, -0.2) is 0 Å². The van der Waals surface area contributed by atoms with Crippen molar-refractivity contribution in [1.82, 2.24) is 0 Å². The van der Waals surface area contributed by atoms with Crippen LogP contribution in [0, 0.1) is 28.6 Å². The summed E-state index contributed by atoms with van der Waals surface area (Å²) in [5, 5.41) is 42.3. The average molecular weight is 376 g/mol. The van der Waals surface area contributed by atoms with Crippen LogP contribution in [0.15, 0.2) is 23.8 Å². The molecule has 3 saturated carbocycles. The van der Waals surface area contributed by atoms with Crippen LogP contribution in [0.3, 0.4) is 0 Å². The van der Waals surface area contributed by atoms with Crippen molar-refractivity contribution >= 4 is 11.6 Å². The molecule has 0 spiro atoms. The predicted molar refractivity (Wildman–Crippen MR) is 96.4 cm³/mol. The van der Waals surface area contributed by atoms with Crippen molar-refractivity contribution in [3.63, 3.8) is 0 Å². The molecule has 6 heteroatoms. The van der Waals surface area contributed by atoms with Crippen LogP contribution in [-0.4, -0.2) is 56.4 Å². The molecule has 148 valence electrons. The van der Waals surface area contributed by atoms with E-state index in [0.717, 1.165) is 18.4 Å². The quantitative estimate of drug-likeness (QED) is 0.559. The molecule has 1 unspecified atom stereocenters. The Labute approximate surface area is 158 Å². The van der Waals surface area contributed by atoms with Crippen LogP contribution in [0.4, 0.5) is 0 Å². The van der Waals surface area contributed by atoms with E-state index in [2.05, 4.69) is 0 Å². The highest BCUT2D eigenvalue weighted by Gasteiger charge is 2.71. The topological polar surface area (TPSA) is 115 Å². The molecule has 4 N–H and O–H groups in total. The third-order valence-corrected chi connectivity index (χ3v) is 8.28. The van der Waals surface area contributed by atoms with Crippen molar-refractivity contribution < 1.29 is 30.0 Å². The maximum Gasteiger partial charge on any atom is 0.192 e. The maximum atomic E-state index is 12.4. The standard InChI is InChI=1S/C21H28O6/c1-19-6-5-12(23)7-11(19)3-4-13-14-8-16(25)21(27,17(26)10-22)20(14,2)9-15(24)18(13)19/h5-7,13-16,18,22,24-25,27H,3-4,8-10H2,1-2H3/t13-,14-,15?,16-,18-,19+,20+,21+/m1/s1. The van der Waals surface area contributed by atoms with Gasteiger partial charge in [0.1, 0.15) is 6.61 Å². The number of fused-ring (bicyclic) bond motifs is 5. The number of carbonyl (C=O) groups excluding carboxylic acids is 2. The fourth-order valence-corrected chi connectivity index (χ4v) is 6.96. The largest absolute Gasteiger partial charge is 0.393 e. The first-order valence-electron chi connectivity index (χ1n) is 9.76. The second-order valence-corrected chi connectivity index (χ2v) is 9.31. The van der Waals surface area contributed by atoms with Crippen LogP contribution >= 0.6 is 0 Å². The van der Waals surface area contributed by atoms with E-state index in [1.54, 1.807) is 19.1 Å². The summed E-state index contributed by atoms with van der Waals surface area (Å²) in [6.07, 6.45) is 4.97. The smallest absolute Gasteiger partial charge is 0.192 e. The molecular formula is C21H28O6. The Balaban J connectivity index is 1.78. The molecule has 0 amide bonds. The van der Waals surface area contributed by atoms with E-state index in [1.165, 1.54) is 0 Å². The van der Waals surface area contributed by atoms with Gasteiger partial charge in [0.25, 0.3) is 0 Å². The number of allylic oxidation sites excluding steroid dienone is 4. The molecule has 0 aromatic heterocycles. The number of carbonyl (C=O) groups is 2. The van der Waals surface area contributed by atoms with Gasteiger partial charge >= 0.3 is 0 Å². The van der Waals surface area contributed by atoms with Gasteiger partial charge in [0.2, 0.25) is 0 Å². The van der Waals surface area contributed by atoms with Gasteiger partial charge in [-0.05, 0) is 49.7 Å². The van der Waals surface area contributed by atoms with Crippen molar-refractivity contribution in [2.45, 2.75) is 57.3 Å². The van der Waals surface area contributed by atoms with Crippen LogP contribution in [0.5, 0.6) is 0 Å². The monoisotopic (exact) mass is 376 g/mol. The molecular weight excluding hydrogens is 348 g/mol. The van der Waals surface area contributed by atoms with E-state index in [9.17, 15) is 30.0 Å². The lowest BCUT2D eigenvalue weighted by atomic mass is 9.46. The summed E-state index contributed by atoms with van der Waals surface area (Å²) < 4.78 is 0. The van der Waals surface area contributed by atoms with Gasteiger partial charge in [0.05, 0.1) is 12.2 Å². The summed E-state index contributed by atoms with van der Waals surface area (Å²) in [6.45, 7) is 2.96. The molecule has 8 atom stereocenters. The number of hydrogen-bond donors (Lipinski definition) is 4. The zero-order valence-corrected chi connectivity index (χ0v) is 15.8.